The van der Waals surface area contributed by atoms with Crippen molar-refractivity contribution in [3.8, 4) is 0 Å². The van der Waals surface area contributed by atoms with Crippen molar-refractivity contribution in [1.82, 2.24) is 24.6 Å². The van der Waals surface area contributed by atoms with E-state index in [1.54, 1.807) is 6.33 Å². The highest BCUT2D eigenvalue weighted by atomic mass is 16.5. The summed E-state index contributed by atoms with van der Waals surface area (Å²) in [7, 11) is 1.96. The molecule has 1 fully saturated rings. The zero-order valence-electron chi connectivity index (χ0n) is 12.6. The van der Waals surface area contributed by atoms with Gasteiger partial charge in [-0.3, -0.25) is 4.90 Å². The molecule has 1 saturated heterocycles. The fraction of sp³-hybridized carbons (Fsp3) is 0.375. The molecule has 0 spiro atoms. The smallest absolute Gasteiger partial charge is 0.163 e. The van der Waals surface area contributed by atoms with E-state index in [-0.39, 0.29) is 6.10 Å². The minimum absolute atomic E-state index is 0.00771. The number of aromatic amines is 1. The van der Waals surface area contributed by atoms with Crippen molar-refractivity contribution >= 4 is 10.9 Å². The first-order valence-electron chi connectivity index (χ1n) is 7.54. The van der Waals surface area contributed by atoms with Crippen LogP contribution in [-0.4, -0.2) is 44.3 Å². The second kappa shape index (κ2) is 5.55. The zero-order valence-corrected chi connectivity index (χ0v) is 12.6. The van der Waals surface area contributed by atoms with Gasteiger partial charge in [-0.1, -0.05) is 12.1 Å². The quantitative estimate of drug-likeness (QED) is 0.802. The normalized spacial score (nSPS) is 19.8. The molecule has 1 atom stereocenters. The van der Waals surface area contributed by atoms with E-state index >= 15 is 0 Å². The Balaban J connectivity index is 1.53. The second-order valence-electron chi connectivity index (χ2n) is 5.75. The Morgan fingerprint density at radius 1 is 1.36 bits per heavy atom. The SMILES string of the molecule is Cn1cnnc1[C@H]1CN(Cc2cccc3[nH]ccc23)CCO1. The van der Waals surface area contributed by atoms with Crippen LogP contribution < -0.4 is 0 Å². The summed E-state index contributed by atoms with van der Waals surface area (Å²) in [5.41, 5.74) is 2.54. The third-order valence-corrected chi connectivity index (χ3v) is 4.26. The number of hydrogen-bond acceptors (Lipinski definition) is 4. The van der Waals surface area contributed by atoms with Crippen LogP contribution in [0.25, 0.3) is 10.9 Å². The molecule has 3 heterocycles. The molecule has 0 bridgehead atoms. The molecule has 6 nitrogen and oxygen atoms in total. The topological polar surface area (TPSA) is 59.0 Å². The summed E-state index contributed by atoms with van der Waals surface area (Å²) in [6, 6.07) is 8.56. The molecule has 0 unspecified atom stereocenters. The lowest BCUT2D eigenvalue weighted by Crippen LogP contribution is -2.38. The van der Waals surface area contributed by atoms with Gasteiger partial charge in [0.1, 0.15) is 12.4 Å². The van der Waals surface area contributed by atoms with Crippen molar-refractivity contribution in [2.24, 2.45) is 7.05 Å². The van der Waals surface area contributed by atoms with E-state index < -0.39 is 0 Å². The standard InChI is InChI=1S/C16H19N5O/c1-20-11-18-19-16(20)15-10-21(7-8-22-15)9-12-3-2-4-14-13(12)5-6-17-14/h2-6,11,15,17H,7-10H2,1H3/t15-/m1/s1. The Morgan fingerprint density at radius 3 is 3.18 bits per heavy atom. The van der Waals surface area contributed by atoms with Crippen molar-refractivity contribution < 1.29 is 4.74 Å². The summed E-state index contributed by atoms with van der Waals surface area (Å²) >= 11 is 0. The highest BCUT2D eigenvalue weighted by Crippen LogP contribution is 2.24. The molecular formula is C16H19N5O. The maximum atomic E-state index is 5.87. The molecule has 4 rings (SSSR count). The van der Waals surface area contributed by atoms with Gasteiger partial charge in [0.25, 0.3) is 0 Å². The maximum absolute atomic E-state index is 5.87. The fourth-order valence-electron chi connectivity index (χ4n) is 3.12. The molecule has 1 aliphatic heterocycles. The molecule has 6 heteroatoms. The van der Waals surface area contributed by atoms with Crippen molar-refractivity contribution in [2.45, 2.75) is 12.6 Å². The van der Waals surface area contributed by atoms with Crippen LogP contribution in [0.5, 0.6) is 0 Å². The molecule has 1 aliphatic rings. The van der Waals surface area contributed by atoms with Crippen molar-refractivity contribution in [1.29, 1.82) is 0 Å². The monoisotopic (exact) mass is 297 g/mol. The number of fused-ring (bicyclic) bond motifs is 1. The second-order valence-corrected chi connectivity index (χ2v) is 5.75. The lowest BCUT2D eigenvalue weighted by molar-refractivity contribution is -0.0384. The average molecular weight is 297 g/mol. The predicted molar refractivity (Wildman–Crippen MR) is 83.3 cm³/mol. The van der Waals surface area contributed by atoms with Crippen molar-refractivity contribution in [3.63, 3.8) is 0 Å². The van der Waals surface area contributed by atoms with Crippen LogP contribution in [0.2, 0.25) is 0 Å². The van der Waals surface area contributed by atoms with E-state index in [1.807, 2.05) is 17.8 Å². The first kappa shape index (κ1) is 13.5. The summed E-state index contributed by atoms with van der Waals surface area (Å²) < 4.78 is 7.80. The number of H-pyrrole nitrogens is 1. The number of morpholine rings is 1. The van der Waals surface area contributed by atoms with Gasteiger partial charge in [0, 0.05) is 43.8 Å². The van der Waals surface area contributed by atoms with Crippen molar-refractivity contribution in [2.75, 3.05) is 19.7 Å². The lowest BCUT2D eigenvalue weighted by atomic mass is 10.1. The minimum atomic E-state index is -0.00771. The summed E-state index contributed by atoms with van der Waals surface area (Å²) in [4.78, 5) is 5.69. The molecule has 0 amide bonds. The molecule has 114 valence electrons. The average Bonchev–Trinajstić information content (AvgIpc) is 3.17. The lowest BCUT2D eigenvalue weighted by Gasteiger charge is -2.32. The van der Waals surface area contributed by atoms with Crippen LogP contribution >= 0.6 is 0 Å². The van der Waals surface area contributed by atoms with Gasteiger partial charge in [0.05, 0.1) is 6.61 Å². The van der Waals surface area contributed by atoms with Crippen LogP contribution in [0.4, 0.5) is 0 Å². The van der Waals surface area contributed by atoms with Gasteiger partial charge in [-0.2, -0.15) is 0 Å². The van der Waals surface area contributed by atoms with Crippen LogP contribution in [0.3, 0.4) is 0 Å². The summed E-state index contributed by atoms with van der Waals surface area (Å²) in [5, 5.41) is 9.42. The van der Waals surface area contributed by atoms with Gasteiger partial charge < -0.3 is 14.3 Å². The van der Waals surface area contributed by atoms with Crippen LogP contribution in [0, 0.1) is 0 Å². The highest BCUT2D eigenvalue weighted by Gasteiger charge is 2.25. The number of nitrogens with one attached hydrogen (secondary N) is 1. The Morgan fingerprint density at radius 2 is 2.32 bits per heavy atom. The number of aryl methyl sites for hydroxylation is 1. The van der Waals surface area contributed by atoms with Gasteiger partial charge >= 0.3 is 0 Å². The van der Waals surface area contributed by atoms with Crippen LogP contribution in [0.15, 0.2) is 36.8 Å². The number of hydrogen-bond donors (Lipinski definition) is 1. The summed E-state index contributed by atoms with van der Waals surface area (Å²) in [6.45, 7) is 3.43. The van der Waals surface area contributed by atoms with E-state index in [0.29, 0.717) is 0 Å². The first-order chi connectivity index (χ1) is 10.8. The highest BCUT2D eigenvalue weighted by molar-refractivity contribution is 5.82. The number of benzene rings is 1. The molecule has 0 radical (unpaired) electrons. The predicted octanol–water partition coefficient (Wildman–Crippen LogP) is 1.87. The molecule has 22 heavy (non-hydrogen) atoms. The van der Waals surface area contributed by atoms with Gasteiger partial charge in [-0.15, -0.1) is 10.2 Å². The molecule has 2 aromatic heterocycles. The zero-order chi connectivity index (χ0) is 14.9. The van der Waals surface area contributed by atoms with Gasteiger partial charge in [-0.05, 0) is 17.7 Å². The van der Waals surface area contributed by atoms with Crippen molar-refractivity contribution in [3.05, 3.63) is 48.2 Å². The molecular weight excluding hydrogens is 278 g/mol. The molecule has 3 aromatic rings. The maximum Gasteiger partial charge on any atom is 0.163 e. The summed E-state index contributed by atoms with van der Waals surface area (Å²) in [6.07, 6.45) is 3.71. The largest absolute Gasteiger partial charge is 0.368 e. The summed E-state index contributed by atoms with van der Waals surface area (Å²) in [5.74, 6) is 0.893. The van der Waals surface area contributed by atoms with E-state index in [4.69, 9.17) is 4.74 Å². The number of rotatable bonds is 3. The third kappa shape index (κ3) is 2.40. The first-order valence-corrected chi connectivity index (χ1v) is 7.54. The van der Waals surface area contributed by atoms with Crippen LogP contribution in [-0.2, 0) is 18.3 Å². The Labute approximate surface area is 128 Å². The number of aromatic nitrogens is 4. The van der Waals surface area contributed by atoms with E-state index in [2.05, 4.69) is 44.3 Å². The van der Waals surface area contributed by atoms with Gasteiger partial charge in [0.15, 0.2) is 5.82 Å². The van der Waals surface area contributed by atoms with E-state index in [9.17, 15) is 0 Å². The third-order valence-electron chi connectivity index (χ3n) is 4.26. The fourth-order valence-corrected chi connectivity index (χ4v) is 3.12. The number of ether oxygens (including phenoxy) is 1. The van der Waals surface area contributed by atoms with Gasteiger partial charge in [0.2, 0.25) is 0 Å². The molecule has 0 saturated carbocycles. The van der Waals surface area contributed by atoms with E-state index in [0.717, 1.165) is 32.1 Å². The Bertz CT molecular complexity index is 778. The minimum Gasteiger partial charge on any atom is -0.368 e. The Hall–Kier alpha value is -2.18. The van der Waals surface area contributed by atoms with E-state index in [1.165, 1.54) is 16.5 Å². The van der Waals surface area contributed by atoms with Gasteiger partial charge in [-0.25, -0.2) is 0 Å². The molecule has 1 N–H and O–H groups in total. The molecule has 1 aromatic carbocycles. The molecule has 0 aliphatic carbocycles. The number of nitrogens with zero attached hydrogens (tertiary/aromatic N) is 4. The van der Waals surface area contributed by atoms with Crippen LogP contribution in [0.1, 0.15) is 17.5 Å². The Kier molecular flexibility index (Phi) is 3.40.